The molecule has 3 aromatic rings. The molecular weight excluding hydrogens is 371 g/mol. The second-order valence-corrected chi connectivity index (χ2v) is 6.04. The van der Waals surface area contributed by atoms with Crippen molar-refractivity contribution in [2.24, 2.45) is 0 Å². The zero-order chi connectivity index (χ0) is 20.1. The van der Waals surface area contributed by atoms with E-state index in [1.54, 1.807) is 36.5 Å². The summed E-state index contributed by atoms with van der Waals surface area (Å²) in [6.45, 7) is 2.50. The topological polar surface area (TPSA) is 56.1 Å². The Morgan fingerprint density at radius 2 is 1.96 bits per heavy atom. The number of halogens is 3. The zero-order valence-electron chi connectivity index (χ0n) is 15.0. The van der Waals surface area contributed by atoms with Crippen molar-refractivity contribution in [3.8, 4) is 5.75 Å². The Morgan fingerprint density at radius 3 is 2.71 bits per heavy atom. The van der Waals surface area contributed by atoms with Gasteiger partial charge in [-0.15, -0.1) is 0 Å². The van der Waals surface area contributed by atoms with Crippen molar-refractivity contribution < 1.29 is 22.7 Å². The molecule has 3 rings (SSSR count). The number of aromatic nitrogens is 2. The third kappa shape index (κ3) is 4.91. The average molecular weight is 389 g/mol. The summed E-state index contributed by atoms with van der Waals surface area (Å²) < 4.78 is 45.3. The van der Waals surface area contributed by atoms with Crippen molar-refractivity contribution >= 4 is 11.6 Å². The number of ether oxygens (including phenoxy) is 1. The normalized spacial score (nSPS) is 11.3. The summed E-state index contributed by atoms with van der Waals surface area (Å²) in [7, 11) is 0. The minimum absolute atomic E-state index is 0.152. The third-order valence-corrected chi connectivity index (χ3v) is 3.90. The minimum Gasteiger partial charge on any atom is -0.494 e. The van der Waals surface area contributed by atoms with Crippen molar-refractivity contribution in [1.29, 1.82) is 0 Å². The molecule has 0 unspecified atom stereocenters. The molecule has 0 radical (unpaired) electrons. The van der Waals surface area contributed by atoms with Crippen molar-refractivity contribution in [1.82, 2.24) is 9.78 Å². The number of anilines is 1. The molecule has 0 aliphatic carbocycles. The summed E-state index contributed by atoms with van der Waals surface area (Å²) in [6.07, 6.45) is -1.39. The second kappa shape index (κ2) is 8.16. The van der Waals surface area contributed by atoms with Gasteiger partial charge in [0.05, 0.1) is 30.6 Å². The van der Waals surface area contributed by atoms with Crippen LogP contribution in [0.5, 0.6) is 5.75 Å². The first-order valence-electron chi connectivity index (χ1n) is 8.58. The van der Waals surface area contributed by atoms with Crippen LogP contribution in [0.25, 0.3) is 0 Å². The quantitative estimate of drug-likeness (QED) is 0.670. The number of carbonyl (C=O) groups excluding carboxylic acids is 1. The van der Waals surface area contributed by atoms with Crippen molar-refractivity contribution in [3.05, 3.63) is 77.6 Å². The van der Waals surface area contributed by atoms with Gasteiger partial charge in [-0.3, -0.25) is 9.48 Å². The number of hydrogen-bond donors (Lipinski definition) is 1. The van der Waals surface area contributed by atoms with E-state index in [-0.39, 0.29) is 12.5 Å². The number of carbonyl (C=O) groups is 1. The lowest BCUT2D eigenvalue weighted by Crippen LogP contribution is -2.11. The van der Waals surface area contributed by atoms with Gasteiger partial charge in [0.15, 0.2) is 0 Å². The molecule has 0 fully saturated rings. The summed E-state index contributed by atoms with van der Waals surface area (Å²) in [5.74, 6) is 0.260. The van der Waals surface area contributed by atoms with E-state index in [1.807, 2.05) is 6.92 Å². The first kappa shape index (κ1) is 19.5. The van der Waals surface area contributed by atoms with Gasteiger partial charge in [0.2, 0.25) is 0 Å². The Hall–Kier alpha value is -3.29. The summed E-state index contributed by atoms with van der Waals surface area (Å²) in [6, 6.07) is 11.8. The molecule has 0 bridgehead atoms. The molecule has 28 heavy (non-hydrogen) atoms. The maximum Gasteiger partial charge on any atom is 0.416 e. The minimum atomic E-state index is -4.39. The number of nitrogens with zero attached hydrogens (tertiary/aromatic N) is 2. The molecule has 2 aromatic carbocycles. The van der Waals surface area contributed by atoms with E-state index in [2.05, 4.69) is 10.4 Å². The third-order valence-electron chi connectivity index (χ3n) is 3.90. The number of nitrogens with one attached hydrogen (secondary N) is 1. The van der Waals surface area contributed by atoms with E-state index < -0.39 is 11.7 Å². The largest absolute Gasteiger partial charge is 0.494 e. The number of alkyl halides is 3. The summed E-state index contributed by atoms with van der Waals surface area (Å²) in [4.78, 5) is 12.4. The molecule has 1 heterocycles. The van der Waals surface area contributed by atoms with Crippen molar-refractivity contribution in [2.45, 2.75) is 19.6 Å². The van der Waals surface area contributed by atoms with Gasteiger partial charge in [-0.2, -0.15) is 18.3 Å². The molecule has 0 saturated carbocycles. The van der Waals surface area contributed by atoms with E-state index in [4.69, 9.17) is 4.74 Å². The van der Waals surface area contributed by atoms with Crippen LogP contribution in [0.15, 0.2) is 60.9 Å². The van der Waals surface area contributed by atoms with E-state index in [0.717, 1.165) is 12.1 Å². The Morgan fingerprint density at radius 1 is 1.18 bits per heavy atom. The van der Waals surface area contributed by atoms with Crippen LogP contribution in [-0.2, 0) is 12.7 Å². The van der Waals surface area contributed by atoms with Crippen LogP contribution >= 0.6 is 0 Å². The fraction of sp³-hybridized carbons (Fsp3) is 0.200. The van der Waals surface area contributed by atoms with Gasteiger partial charge in [0.25, 0.3) is 5.91 Å². The molecule has 0 spiro atoms. The van der Waals surface area contributed by atoms with Crippen LogP contribution in [0, 0.1) is 0 Å². The van der Waals surface area contributed by atoms with E-state index in [1.165, 1.54) is 16.9 Å². The highest BCUT2D eigenvalue weighted by molar-refractivity contribution is 6.04. The van der Waals surface area contributed by atoms with Crippen LogP contribution in [0.1, 0.15) is 28.4 Å². The predicted molar refractivity (Wildman–Crippen MR) is 98.3 cm³/mol. The molecule has 146 valence electrons. The Balaban J connectivity index is 1.67. The number of benzene rings is 2. The monoisotopic (exact) mass is 389 g/mol. The van der Waals surface area contributed by atoms with E-state index in [0.29, 0.717) is 29.2 Å². The highest BCUT2D eigenvalue weighted by Gasteiger charge is 2.30. The number of rotatable bonds is 6. The molecule has 1 aromatic heterocycles. The van der Waals surface area contributed by atoms with Gasteiger partial charge in [0, 0.05) is 11.8 Å². The number of amides is 1. The van der Waals surface area contributed by atoms with Crippen molar-refractivity contribution in [2.75, 3.05) is 11.9 Å². The van der Waals surface area contributed by atoms with Crippen LogP contribution in [0.3, 0.4) is 0 Å². The molecule has 0 aliphatic heterocycles. The fourth-order valence-electron chi connectivity index (χ4n) is 2.64. The average Bonchev–Trinajstić information content (AvgIpc) is 3.08. The van der Waals surface area contributed by atoms with Gasteiger partial charge in [-0.1, -0.05) is 18.2 Å². The molecule has 5 nitrogen and oxygen atoms in total. The molecule has 1 N–H and O–H groups in total. The predicted octanol–water partition coefficient (Wildman–Crippen LogP) is 4.60. The van der Waals surface area contributed by atoms with Crippen LogP contribution in [0.2, 0.25) is 0 Å². The van der Waals surface area contributed by atoms with Gasteiger partial charge in [-0.25, -0.2) is 0 Å². The van der Waals surface area contributed by atoms with Gasteiger partial charge in [-0.05, 0) is 42.8 Å². The maximum absolute atomic E-state index is 12.8. The SMILES string of the molecule is CCOc1cccc(C(=O)Nc2cnn(Cc3cccc(C(F)(F)F)c3)c2)c1. The van der Waals surface area contributed by atoms with Gasteiger partial charge in [0.1, 0.15) is 5.75 Å². The maximum atomic E-state index is 12.8. The molecule has 8 heteroatoms. The lowest BCUT2D eigenvalue weighted by Gasteiger charge is -2.08. The van der Waals surface area contributed by atoms with E-state index >= 15 is 0 Å². The highest BCUT2D eigenvalue weighted by atomic mass is 19.4. The number of hydrogen-bond acceptors (Lipinski definition) is 3. The molecule has 1 amide bonds. The summed E-state index contributed by atoms with van der Waals surface area (Å²) in [5, 5.41) is 6.80. The highest BCUT2D eigenvalue weighted by Crippen LogP contribution is 2.29. The Kier molecular flexibility index (Phi) is 5.67. The molecule has 0 atom stereocenters. The summed E-state index contributed by atoms with van der Waals surface area (Å²) in [5.41, 5.74) is 0.621. The van der Waals surface area contributed by atoms with Crippen LogP contribution in [0.4, 0.5) is 18.9 Å². The lowest BCUT2D eigenvalue weighted by atomic mass is 10.1. The van der Waals surface area contributed by atoms with Crippen LogP contribution in [-0.4, -0.2) is 22.3 Å². The van der Waals surface area contributed by atoms with Crippen LogP contribution < -0.4 is 10.1 Å². The van der Waals surface area contributed by atoms with E-state index in [9.17, 15) is 18.0 Å². The standard InChI is InChI=1S/C20H18F3N3O2/c1-2-28-18-8-4-6-15(10-18)19(27)25-17-11-24-26(13-17)12-14-5-3-7-16(9-14)20(21,22)23/h3-11,13H,2,12H2,1H3,(H,25,27). The molecular formula is C20H18F3N3O2. The molecule has 0 saturated heterocycles. The first-order valence-corrected chi connectivity index (χ1v) is 8.58. The van der Waals surface area contributed by atoms with Gasteiger partial charge >= 0.3 is 6.18 Å². The smallest absolute Gasteiger partial charge is 0.416 e. The Bertz CT molecular complexity index is 967. The first-order chi connectivity index (χ1) is 13.3. The Labute approximate surface area is 159 Å². The van der Waals surface area contributed by atoms with Crippen molar-refractivity contribution in [3.63, 3.8) is 0 Å². The molecule has 0 aliphatic rings. The fourth-order valence-corrected chi connectivity index (χ4v) is 2.64. The lowest BCUT2D eigenvalue weighted by molar-refractivity contribution is -0.137. The summed E-state index contributed by atoms with van der Waals surface area (Å²) >= 11 is 0. The zero-order valence-corrected chi connectivity index (χ0v) is 15.0. The second-order valence-electron chi connectivity index (χ2n) is 6.04. The van der Waals surface area contributed by atoms with Gasteiger partial charge < -0.3 is 10.1 Å².